The fourth-order valence-corrected chi connectivity index (χ4v) is 4.46. The van der Waals surface area contributed by atoms with Crippen molar-refractivity contribution in [2.45, 2.75) is 48.8 Å². The van der Waals surface area contributed by atoms with Crippen molar-refractivity contribution in [1.29, 1.82) is 0 Å². The SMILES string of the molecule is O=C(Nc1nc(OC(F)F)cc(OC(F)F)n1)NS(=O)(=O)c1cc(O[C@@H]2O[C@H](CO)[C@@H](O)[C@H](O)[C@H]2O)ccc1C(=O)O. The highest BCUT2D eigenvalue weighted by Crippen LogP contribution is 2.28. The highest BCUT2D eigenvalue weighted by molar-refractivity contribution is 7.90. The van der Waals surface area contributed by atoms with E-state index in [1.807, 2.05) is 0 Å². The Morgan fingerprint density at radius 3 is 2.10 bits per heavy atom. The zero-order valence-electron chi connectivity index (χ0n) is 20.4. The van der Waals surface area contributed by atoms with E-state index in [1.165, 1.54) is 4.72 Å². The minimum absolute atomic E-state index is 0.415. The Bertz CT molecular complexity index is 1370. The lowest BCUT2D eigenvalue weighted by atomic mass is 9.99. The van der Waals surface area contributed by atoms with E-state index in [0.29, 0.717) is 12.1 Å². The average molecular weight is 632 g/mol. The van der Waals surface area contributed by atoms with Gasteiger partial charge in [-0.15, -0.1) is 0 Å². The van der Waals surface area contributed by atoms with E-state index in [9.17, 15) is 61.1 Å². The number of amides is 2. The average Bonchev–Trinajstić information content (AvgIpc) is 2.87. The van der Waals surface area contributed by atoms with Crippen LogP contribution in [-0.2, 0) is 14.8 Å². The maximum atomic E-state index is 12.9. The second-order valence-corrected chi connectivity index (χ2v) is 9.61. The van der Waals surface area contributed by atoms with Crippen LogP contribution in [0.25, 0.3) is 0 Å². The number of nitrogens with zero attached hydrogens (tertiary/aromatic N) is 2. The number of nitrogens with one attached hydrogen (secondary N) is 2. The molecule has 2 aromatic rings. The van der Waals surface area contributed by atoms with Gasteiger partial charge < -0.3 is 44.5 Å². The van der Waals surface area contributed by atoms with E-state index >= 15 is 0 Å². The molecule has 42 heavy (non-hydrogen) atoms. The van der Waals surface area contributed by atoms with Crippen LogP contribution < -0.4 is 24.2 Å². The predicted molar refractivity (Wildman–Crippen MR) is 122 cm³/mol. The lowest BCUT2D eigenvalue weighted by Crippen LogP contribution is -2.60. The summed E-state index contributed by atoms with van der Waals surface area (Å²) in [6.07, 6.45) is -8.74. The number of ether oxygens (including phenoxy) is 4. The number of hydrogen-bond acceptors (Lipinski definition) is 14. The molecule has 7 N–H and O–H groups in total. The van der Waals surface area contributed by atoms with Crippen LogP contribution in [0.4, 0.5) is 28.3 Å². The monoisotopic (exact) mass is 632 g/mol. The first-order chi connectivity index (χ1) is 19.6. The highest BCUT2D eigenvalue weighted by atomic mass is 32.2. The Balaban J connectivity index is 1.86. The van der Waals surface area contributed by atoms with E-state index in [1.54, 1.807) is 5.32 Å². The number of aliphatic hydroxyl groups is 4. The third-order valence-electron chi connectivity index (χ3n) is 5.12. The van der Waals surface area contributed by atoms with Gasteiger partial charge >= 0.3 is 25.2 Å². The number of anilines is 1. The summed E-state index contributed by atoms with van der Waals surface area (Å²) in [7, 11) is -5.14. The van der Waals surface area contributed by atoms with Crippen molar-refractivity contribution in [2.75, 3.05) is 11.9 Å². The second kappa shape index (κ2) is 13.3. The van der Waals surface area contributed by atoms with E-state index in [0.717, 1.165) is 12.1 Å². The summed E-state index contributed by atoms with van der Waals surface area (Å²) in [5, 5.41) is 50.2. The van der Waals surface area contributed by atoms with E-state index in [2.05, 4.69) is 19.4 Å². The Hall–Kier alpha value is -4.09. The molecule has 0 bridgehead atoms. The molecule has 232 valence electrons. The van der Waals surface area contributed by atoms with Gasteiger partial charge in [0.25, 0.3) is 10.0 Å². The molecular formula is C20H20F4N4O13S. The van der Waals surface area contributed by atoms with Gasteiger partial charge in [0.05, 0.1) is 18.2 Å². The number of carbonyl (C=O) groups excluding carboxylic acids is 1. The fourth-order valence-electron chi connectivity index (χ4n) is 3.34. The molecular weight excluding hydrogens is 612 g/mol. The summed E-state index contributed by atoms with van der Waals surface area (Å²) in [6.45, 7) is -7.81. The molecule has 2 amide bonds. The molecule has 1 aliphatic heterocycles. The van der Waals surface area contributed by atoms with E-state index in [-0.39, 0.29) is 0 Å². The van der Waals surface area contributed by atoms with Gasteiger partial charge in [-0.05, 0) is 12.1 Å². The van der Waals surface area contributed by atoms with Crippen LogP contribution in [0.5, 0.6) is 17.5 Å². The number of rotatable bonds is 11. The highest BCUT2D eigenvalue weighted by Gasteiger charge is 2.45. The molecule has 0 aliphatic carbocycles. The van der Waals surface area contributed by atoms with Gasteiger partial charge in [0.15, 0.2) is 0 Å². The Morgan fingerprint density at radius 2 is 1.57 bits per heavy atom. The number of aromatic carboxylic acids is 1. The number of carboxylic acids is 1. The molecule has 1 aliphatic rings. The molecule has 5 atom stereocenters. The molecule has 22 heteroatoms. The van der Waals surface area contributed by atoms with Gasteiger partial charge in [0, 0.05) is 6.07 Å². The van der Waals surface area contributed by atoms with Gasteiger partial charge in [0.2, 0.25) is 24.0 Å². The van der Waals surface area contributed by atoms with Crippen molar-refractivity contribution in [3.63, 3.8) is 0 Å². The number of carboxylic acid groups (broad SMARTS) is 1. The first-order valence-electron chi connectivity index (χ1n) is 11.1. The number of carbonyl (C=O) groups is 2. The Labute approximate surface area is 231 Å². The van der Waals surface area contributed by atoms with E-state index in [4.69, 9.17) is 9.47 Å². The molecule has 3 rings (SSSR count). The molecule has 0 unspecified atom stereocenters. The summed E-state index contributed by atoms with van der Waals surface area (Å²) in [6, 6.07) is 0.887. The molecule has 1 fully saturated rings. The molecule has 1 aromatic heterocycles. The lowest BCUT2D eigenvalue weighted by molar-refractivity contribution is -0.277. The largest absolute Gasteiger partial charge is 0.478 e. The number of aliphatic hydroxyl groups excluding tert-OH is 4. The lowest BCUT2D eigenvalue weighted by Gasteiger charge is -2.39. The molecule has 0 saturated carbocycles. The maximum Gasteiger partial charge on any atom is 0.388 e. The first kappa shape index (κ1) is 32.4. The smallest absolute Gasteiger partial charge is 0.388 e. The van der Waals surface area contributed by atoms with Gasteiger partial charge in [-0.1, -0.05) is 0 Å². The second-order valence-electron chi connectivity index (χ2n) is 7.96. The summed E-state index contributed by atoms with van der Waals surface area (Å²) in [5.41, 5.74) is -0.910. The van der Waals surface area contributed by atoms with Crippen LogP contribution in [0, 0.1) is 0 Å². The fraction of sp³-hybridized carbons (Fsp3) is 0.400. The zero-order valence-corrected chi connectivity index (χ0v) is 21.2. The minimum Gasteiger partial charge on any atom is -0.478 e. The molecule has 2 heterocycles. The summed E-state index contributed by atoms with van der Waals surface area (Å²) in [4.78, 5) is 29.4. The first-order valence-corrected chi connectivity index (χ1v) is 12.6. The van der Waals surface area contributed by atoms with E-state index < -0.39 is 106 Å². The Kier molecular flexibility index (Phi) is 10.2. The van der Waals surface area contributed by atoms with Crippen LogP contribution in [0.1, 0.15) is 10.4 Å². The molecule has 17 nitrogen and oxygen atoms in total. The maximum absolute atomic E-state index is 12.9. The van der Waals surface area contributed by atoms with Crippen LogP contribution in [0.15, 0.2) is 29.2 Å². The van der Waals surface area contributed by atoms with Gasteiger partial charge in [-0.25, -0.2) is 22.7 Å². The summed E-state index contributed by atoms with van der Waals surface area (Å²) >= 11 is 0. The number of hydrogen-bond donors (Lipinski definition) is 7. The predicted octanol–water partition coefficient (Wildman–Crippen LogP) is -0.933. The normalized spacial score (nSPS) is 22.5. The third kappa shape index (κ3) is 8.01. The van der Waals surface area contributed by atoms with Crippen molar-refractivity contribution in [1.82, 2.24) is 14.7 Å². The number of sulfonamides is 1. The van der Waals surface area contributed by atoms with Gasteiger partial charge in [-0.2, -0.15) is 27.5 Å². The minimum atomic E-state index is -5.14. The number of urea groups is 1. The van der Waals surface area contributed by atoms with Crippen LogP contribution in [0.3, 0.4) is 0 Å². The number of halogens is 4. The number of aromatic nitrogens is 2. The van der Waals surface area contributed by atoms with Crippen molar-refractivity contribution >= 4 is 28.0 Å². The molecule has 0 spiro atoms. The Morgan fingerprint density at radius 1 is 0.976 bits per heavy atom. The zero-order chi connectivity index (χ0) is 31.4. The van der Waals surface area contributed by atoms with Gasteiger partial charge in [0.1, 0.15) is 35.1 Å². The number of alkyl halides is 4. The third-order valence-corrected chi connectivity index (χ3v) is 6.50. The quantitative estimate of drug-likeness (QED) is 0.148. The number of benzene rings is 1. The van der Waals surface area contributed by atoms with Crippen LogP contribution >= 0.6 is 0 Å². The van der Waals surface area contributed by atoms with Crippen LogP contribution in [-0.4, -0.2) is 106 Å². The summed E-state index contributed by atoms with van der Waals surface area (Å²) < 4.78 is 95.6. The molecule has 0 radical (unpaired) electrons. The van der Waals surface area contributed by atoms with Crippen molar-refractivity contribution in [3.05, 3.63) is 29.8 Å². The van der Waals surface area contributed by atoms with Crippen molar-refractivity contribution < 1.29 is 80.0 Å². The van der Waals surface area contributed by atoms with Crippen LogP contribution in [0.2, 0.25) is 0 Å². The molecule has 1 aromatic carbocycles. The topological polar surface area (TPSA) is 256 Å². The standard InChI is InChI=1S/C20H20F4N4O13S/c21-17(22)40-10-4-11(41-18(23)24)26-19(25-10)27-20(35)28-42(36,37)9-3-6(1-2-7(9)15(33)34)38-16-14(32)13(31)12(30)8(5-29)39-16/h1-4,8,12-14,16-18,29-32H,5H2,(H,33,34)(H2,25,26,27,28,35)/t8-,12-,13+,14-,16-/m1/s1. The molecule has 1 saturated heterocycles. The summed E-state index contributed by atoms with van der Waals surface area (Å²) in [5.74, 6) is -5.46. The van der Waals surface area contributed by atoms with Crippen molar-refractivity contribution in [2.24, 2.45) is 0 Å². The van der Waals surface area contributed by atoms with Gasteiger partial charge in [-0.3, -0.25) is 5.32 Å². The van der Waals surface area contributed by atoms with Crippen molar-refractivity contribution in [3.8, 4) is 17.5 Å².